The summed E-state index contributed by atoms with van der Waals surface area (Å²) in [7, 11) is -2.83. The Hall–Kier alpha value is -3.72. The zero-order valence-corrected chi connectivity index (χ0v) is 18.2. The first-order valence-electron chi connectivity index (χ1n) is 9.53. The highest BCUT2D eigenvalue weighted by atomic mass is 32.2. The smallest absolute Gasteiger partial charge is 0.339 e. The van der Waals surface area contributed by atoms with E-state index in [1.54, 1.807) is 42.5 Å². The van der Waals surface area contributed by atoms with Crippen LogP contribution in [0.15, 0.2) is 76.7 Å². The number of carbonyl (C=O) groups excluding carboxylic acids is 1. The Labute approximate surface area is 185 Å². The minimum absolute atomic E-state index is 0.00706. The molecule has 3 rings (SSSR count). The van der Waals surface area contributed by atoms with Crippen LogP contribution in [0.5, 0.6) is 11.5 Å². The van der Waals surface area contributed by atoms with Gasteiger partial charge in [0.15, 0.2) is 0 Å². The Morgan fingerprint density at radius 2 is 1.78 bits per heavy atom. The number of hydrogen-bond acceptors (Lipinski definition) is 6. The monoisotopic (exact) mass is 456 g/mol. The number of nitrogens with one attached hydrogen (secondary N) is 1. The lowest BCUT2D eigenvalue weighted by atomic mass is 10.1. The summed E-state index contributed by atoms with van der Waals surface area (Å²) in [5.41, 5.74) is 2.87. The molecule has 1 N–H and O–H groups in total. The fraction of sp³-hybridized carbons (Fsp3) is 0.130. The van der Waals surface area contributed by atoms with Crippen molar-refractivity contribution in [2.75, 3.05) is 7.11 Å². The molecule has 1 amide bonds. The standard InChI is InChI=1S/C23H21FN2O5S/c1-16-11-12-21(32(28,29)31-18-8-4-3-5-9-18)20(23(16)24)15-25-26-22(27)14-17-7-6-10-19(13-17)30-2/h3-13,15H,14H2,1-2H3,(H,26,27)/b25-15+. The maximum absolute atomic E-state index is 14.7. The summed E-state index contributed by atoms with van der Waals surface area (Å²) < 4.78 is 50.4. The number of para-hydroxylation sites is 1. The summed E-state index contributed by atoms with van der Waals surface area (Å²) in [6.45, 7) is 1.49. The first-order chi connectivity index (χ1) is 15.3. The summed E-state index contributed by atoms with van der Waals surface area (Å²) >= 11 is 0. The molecule has 0 fully saturated rings. The second kappa shape index (κ2) is 10.1. The first-order valence-corrected chi connectivity index (χ1v) is 10.9. The number of amides is 1. The highest BCUT2D eigenvalue weighted by molar-refractivity contribution is 7.87. The Bertz CT molecular complexity index is 1240. The predicted octanol–water partition coefficient (Wildman–Crippen LogP) is 3.60. The van der Waals surface area contributed by atoms with E-state index in [0.29, 0.717) is 11.3 Å². The van der Waals surface area contributed by atoms with Crippen LogP contribution in [0.3, 0.4) is 0 Å². The quantitative estimate of drug-likeness (QED) is 0.318. The molecule has 166 valence electrons. The number of benzene rings is 3. The number of halogens is 1. The molecule has 0 aromatic heterocycles. The molecule has 0 heterocycles. The van der Waals surface area contributed by atoms with Crippen LogP contribution in [0.25, 0.3) is 0 Å². The fourth-order valence-electron chi connectivity index (χ4n) is 2.85. The van der Waals surface area contributed by atoms with E-state index in [1.165, 1.54) is 38.3 Å². The molecule has 0 aliphatic rings. The van der Waals surface area contributed by atoms with Crippen molar-refractivity contribution in [1.29, 1.82) is 0 Å². The van der Waals surface area contributed by atoms with Crippen molar-refractivity contribution in [3.8, 4) is 11.5 Å². The second-order valence-electron chi connectivity index (χ2n) is 6.78. The van der Waals surface area contributed by atoms with Crippen molar-refractivity contribution in [1.82, 2.24) is 5.43 Å². The van der Waals surface area contributed by atoms with Crippen molar-refractivity contribution < 1.29 is 26.5 Å². The molecule has 0 saturated carbocycles. The van der Waals surface area contributed by atoms with Crippen LogP contribution in [0.2, 0.25) is 0 Å². The van der Waals surface area contributed by atoms with Gasteiger partial charge in [-0.1, -0.05) is 36.4 Å². The van der Waals surface area contributed by atoms with Crippen LogP contribution in [0, 0.1) is 12.7 Å². The van der Waals surface area contributed by atoms with Gasteiger partial charge in [0.05, 0.1) is 25.3 Å². The van der Waals surface area contributed by atoms with Gasteiger partial charge in [-0.3, -0.25) is 4.79 Å². The average Bonchev–Trinajstić information content (AvgIpc) is 2.77. The molecule has 0 unspecified atom stereocenters. The van der Waals surface area contributed by atoms with Gasteiger partial charge >= 0.3 is 10.1 Å². The minimum Gasteiger partial charge on any atom is -0.497 e. The van der Waals surface area contributed by atoms with Crippen molar-refractivity contribution in [2.45, 2.75) is 18.2 Å². The molecule has 0 radical (unpaired) electrons. The minimum atomic E-state index is -4.35. The van der Waals surface area contributed by atoms with Crippen LogP contribution in [-0.4, -0.2) is 27.6 Å². The zero-order valence-electron chi connectivity index (χ0n) is 17.4. The van der Waals surface area contributed by atoms with E-state index in [4.69, 9.17) is 8.92 Å². The van der Waals surface area contributed by atoms with E-state index in [9.17, 15) is 17.6 Å². The molecular weight excluding hydrogens is 435 g/mol. The average molecular weight is 456 g/mol. The molecule has 3 aromatic rings. The number of methoxy groups -OCH3 is 1. The molecule has 9 heteroatoms. The van der Waals surface area contributed by atoms with Gasteiger partial charge in [0.1, 0.15) is 22.2 Å². The Balaban J connectivity index is 1.80. The first kappa shape index (κ1) is 23.0. The molecule has 0 aliphatic heterocycles. The van der Waals surface area contributed by atoms with E-state index >= 15 is 0 Å². The van der Waals surface area contributed by atoms with E-state index < -0.39 is 26.7 Å². The summed E-state index contributed by atoms with van der Waals surface area (Å²) in [4.78, 5) is 11.8. The molecule has 0 atom stereocenters. The van der Waals surface area contributed by atoms with Crippen LogP contribution >= 0.6 is 0 Å². The number of ether oxygens (including phenoxy) is 1. The Morgan fingerprint density at radius 1 is 1.06 bits per heavy atom. The number of rotatable bonds is 8. The van der Waals surface area contributed by atoms with Crippen LogP contribution in [0.1, 0.15) is 16.7 Å². The molecule has 3 aromatic carbocycles. The maximum atomic E-state index is 14.7. The van der Waals surface area contributed by atoms with Gasteiger partial charge in [0.2, 0.25) is 5.91 Å². The van der Waals surface area contributed by atoms with Gasteiger partial charge in [-0.15, -0.1) is 0 Å². The van der Waals surface area contributed by atoms with E-state index in [1.807, 2.05) is 0 Å². The summed E-state index contributed by atoms with van der Waals surface area (Å²) in [5, 5.41) is 3.75. The van der Waals surface area contributed by atoms with Crippen LogP contribution < -0.4 is 14.3 Å². The highest BCUT2D eigenvalue weighted by Gasteiger charge is 2.24. The topological polar surface area (TPSA) is 94.1 Å². The van der Waals surface area contributed by atoms with Gasteiger partial charge < -0.3 is 8.92 Å². The predicted molar refractivity (Wildman–Crippen MR) is 118 cm³/mol. The van der Waals surface area contributed by atoms with Crippen LogP contribution in [-0.2, 0) is 21.3 Å². The zero-order chi connectivity index (χ0) is 23.1. The molecule has 32 heavy (non-hydrogen) atoms. The third kappa shape index (κ3) is 5.70. The SMILES string of the molecule is COc1cccc(CC(=O)N/N=C/c2c(S(=O)(=O)Oc3ccccc3)ccc(C)c2F)c1. The third-order valence-corrected chi connectivity index (χ3v) is 5.74. The van der Waals surface area contributed by atoms with Gasteiger partial charge in [0.25, 0.3) is 0 Å². The molecular formula is C23H21FN2O5S. The van der Waals surface area contributed by atoms with Gasteiger partial charge in [-0.25, -0.2) is 9.82 Å². The number of hydrazone groups is 1. The largest absolute Gasteiger partial charge is 0.497 e. The lowest BCUT2D eigenvalue weighted by molar-refractivity contribution is -0.120. The number of hydrogen-bond donors (Lipinski definition) is 1. The Morgan fingerprint density at radius 3 is 2.50 bits per heavy atom. The second-order valence-corrected chi connectivity index (χ2v) is 8.29. The van der Waals surface area contributed by atoms with Crippen molar-refractivity contribution >= 4 is 22.2 Å². The number of nitrogens with zero attached hydrogens (tertiary/aromatic N) is 1. The fourth-order valence-corrected chi connectivity index (χ4v) is 3.95. The van der Waals surface area contributed by atoms with Gasteiger partial charge in [0, 0.05) is 0 Å². The molecule has 0 spiro atoms. The molecule has 7 nitrogen and oxygen atoms in total. The van der Waals surface area contributed by atoms with Gasteiger partial charge in [-0.05, 0) is 48.4 Å². The number of carbonyl (C=O) groups is 1. The highest BCUT2D eigenvalue weighted by Crippen LogP contribution is 2.24. The lowest BCUT2D eigenvalue weighted by Gasteiger charge is -2.11. The molecule has 0 saturated heterocycles. The summed E-state index contributed by atoms with van der Waals surface area (Å²) in [6, 6.07) is 17.4. The summed E-state index contributed by atoms with van der Waals surface area (Å²) in [6.07, 6.45) is 0.958. The normalized spacial score (nSPS) is 11.3. The molecule has 0 bridgehead atoms. The Kier molecular flexibility index (Phi) is 7.21. The summed E-state index contributed by atoms with van der Waals surface area (Å²) in [5.74, 6) is -0.558. The van der Waals surface area contributed by atoms with Crippen molar-refractivity contribution in [3.63, 3.8) is 0 Å². The third-order valence-electron chi connectivity index (χ3n) is 4.43. The number of aryl methyl sites for hydroxylation is 1. The maximum Gasteiger partial charge on any atom is 0.339 e. The van der Waals surface area contributed by atoms with Crippen molar-refractivity contribution in [2.24, 2.45) is 5.10 Å². The van der Waals surface area contributed by atoms with Gasteiger partial charge in [-0.2, -0.15) is 13.5 Å². The molecule has 0 aliphatic carbocycles. The lowest BCUT2D eigenvalue weighted by Crippen LogP contribution is -2.20. The van der Waals surface area contributed by atoms with E-state index in [-0.39, 0.29) is 23.3 Å². The van der Waals surface area contributed by atoms with E-state index in [0.717, 1.165) is 6.21 Å². The van der Waals surface area contributed by atoms with Crippen molar-refractivity contribution in [3.05, 3.63) is 89.2 Å². The van der Waals surface area contributed by atoms with E-state index in [2.05, 4.69) is 10.5 Å². The van der Waals surface area contributed by atoms with Crippen LogP contribution in [0.4, 0.5) is 4.39 Å².